The van der Waals surface area contributed by atoms with Gasteiger partial charge in [0.15, 0.2) is 8.32 Å². The van der Waals surface area contributed by atoms with E-state index in [1.807, 2.05) is 0 Å². The fourth-order valence-electron chi connectivity index (χ4n) is 3.89. The molecule has 1 heterocycles. The van der Waals surface area contributed by atoms with Crippen molar-refractivity contribution in [1.82, 2.24) is 0 Å². The van der Waals surface area contributed by atoms with Crippen LogP contribution in [0.25, 0.3) is 0 Å². The highest BCUT2D eigenvalue weighted by atomic mass is 28.4. The van der Waals surface area contributed by atoms with Gasteiger partial charge in [0.05, 0.1) is 18.6 Å². The Morgan fingerprint density at radius 1 is 1.32 bits per heavy atom. The second kappa shape index (κ2) is 4.74. The van der Waals surface area contributed by atoms with Crippen LogP contribution in [0.3, 0.4) is 0 Å². The average molecular weight is 280 g/mol. The number of hydrogen-bond acceptors (Lipinski definition) is 3. The molecule has 3 aliphatic rings. The van der Waals surface area contributed by atoms with Crippen LogP contribution >= 0.6 is 0 Å². The molecule has 0 aromatic carbocycles. The van der Waals surface area contributed by atoms with E-state index < -0.39 is 8.32 Å². The van der Waals surface area contributed by atoms with Gasteiger partial charge in [0.2, 0.25) is 0 Å². The van der Waals surface area contributed by atoms with E-state index in [4.69, 9.17) is 9.16 Å². The summed E-state index contributed by atoms with van der Waals surface area (Å²) in [5.74, 6) is 1.82. The Bertz CT molecular complexity index is 399. The van der Waals surface area contributed by atoms with Gasteiger partial charge < -0.3 is 9.16 Å². The first kappa shape index (κ1) is 13.4. The van der Waals surface area contributed by atoms with Crippen LogP contribution in [0.5, 0.6) is 0 Å². The fourth-order valence-corrected chi connectivity index (χ4v) is 5.04. The standard InChI is InChI=1S/C15H24O3Si/c1-19(2,3)18-14(12-6-7-17-15(12)16)13-9-10-4-5-11(13)8-10/h4-5,10-14H,6-9H2,1-3H3. The molecule has 3 rings (SSSR count). The molecule has 0 spiro atoms. The normalized spacial score (nSPS) is 38.8. The predicted octanol–water partition coefficient (Wildman–Crippen LogP) is 2.98. The number of ether oxygens (including phenoxy) is 1. The molecule has 0 N–H and O–H groups in total. The molecule has 1 aliphatic heterocycles. The van der Waals surface area contributed by atoms with E-state index >= 15 is 0 Å². The van der Waals surface area contributed by atoms with Gasteiger partial charge in [0.1, 0.15) is 0 Å². The number of rotatable bonds is 4. The zero-order valence-electron chi connectivity index (χ0n) is 12.1. The van der Waals surface area contributed by atoms with Gasteiger partial charge in [-0.25, -0.2) is 0 Å². The van der Waals surface area contributed by atoms with Crippen LogP contribution in [-0.4, -0.2) is 27.0 Å². The summed E-state index contributed by atoms with van der Waals surface area (Å²) in [7, 11) is -1.64. The zero-order valence-corrected chi connectivity index (χ0v) is 13.1. The molecule has 0 aromatic rings. The Morgan fingerprint density at radius 2 is 2.11 bits per heavy atom. The van der Waals surface area contributed by atoms with E-state index in [2.05, 4.69) is 31.8 Å². The van der Waals surface area contributed by atoms with E-state index in [1.165, 1.54) is 12.8 Å². The van der Waals surface area contributed by atoms with Crippen LogP contribution in [0.4, 0.5) is 0 Å². The van der Waals surface area contributed by atoms with Gasteiger partial charge in [-0.15, -0.1) is 0 Å². The van der Waals surface area contributed by atoms with E-state index in [9.17, 15) is 4.79 Å². The lowest BCUT2D eigenvalue weighted by atomic mass is 9.82. The maximum absolute atomic E-state index is 12.0. The lowest BCUT2D eigenvalue weighted by Crippen LogP contribution is -2.43. The van der Waals surface area contributed by atoms with Crippen molar-refractivity contribution in [3.63, 3.8) is 0 Å². The maximum Gasteiger partial charge on any atom is 0.311 e. The lowest BCUT2D eigenvalue weighted by molar-refractivity contribution is -0.144. The summed E-state index contributed by atoms with van der Waals surface area (Å²) in [4.78, 5) is 12.0. The monoisotopic (exact) mass is 280 g/mol. The molecule has 0 aromatic heterocycles. The first-order chi connectivity index (χ1) is 8.94. The lowest BCUT2D eigenvalue weighted by Gasteiger charge is -2.36. The van der Waals surface area contributed by atoms with Gasteiger partial charge in [-0.3, -0.25) is 4.79 Å². The molecule has 3 nitrogen and oxygen atoms in total. The SMILES string of the molecule is C[Si](C)(C)OC(C1CCOC1=O)C1CC2C=CC1C2. The van der Waals surface area contributed by atoms with Crippen molar-refractivity contribution in [3.8, 4) is 0 Å². The highest BCUT2D eigenvalue weighted by molar-refractivity contribution is 6.69. The minimum absolute atomic E-state index is 0.0236. The molecule has 5 atom stereocenters. The van der Waals surface area contributed by atoms with Crippen molar-refractivity contribution in [1.29, 1.82) is 0 Å². The second-order valence-corrected chi connectivity index (χ2v) is 11.7. The Hall–Kier alpha value is -0.613. The van der Waals surface area contributed by atoms with E-state index in [0.29, 0.717) is 18.4 Å². The minimum atomic E-state index is -1.64. The van der Waals surface area contributed by atoms with Crippen LogP contribution in [0.1, 0.15) is 19.3 Å². The smallest absolute Gasteiger partial charge is 0.311 e. The van der Waals surface area contributed by atoms with E-state index in [-0.39, 0.29) is 18.0 Å². The average Bonchev–Trinajstić information content (AvgIpc) is 3.00. The maximum atomic E-state index is 12.0. The molecule has 4 heteroatoms. The number of carbonyl (C=O) groups is 1. The highest BCUT2D eigenvalue weighted by Crippen LogP contribution is 2.48. The molecule has 0 amide bonds. The molecule has 5 unspecified atom stereocenters. The van der Waals surface area contributed by atoms with Crippen molar-refractivity contribution < 1.29 is 14.0 Å². The third-order valence-corrected chi connectivity index (χ3v) is 5.59. The molecule has 2 bridgehead atoms. The predicted molar refractivity (Wildman–Crippen MR) is 76.1 cm³/mol. The van der Waals surface area contributed by atoms with Gasteiger partial charge in [0, 0.05) is 0 Å². The van der Waals surface area contributed by atoms with Gasteiger partial charge in [0.25, 0.3) is 0 Å². The van der Waals surface area contributed by atoms with Gasteiger partial charge in [-0.05, 0) is 56.7 Å². The first-order valence-corrected chi connectivity index (χ1v) is 10.9. The topological polar surface area (TPSA) is 35.5 Å². The number of carbonyl (C=O) groups excluding carboxylic acids is 1. The quantitative estimate of drug-likeness (QED) is 0.451. The third kappa shape index (κ3) is 2.65. The molecule has 1 saturated heterocycles. The summed E-state index contributed by atoms with van der Waals surface area (Å²) < 4.78 is 11.6. The number of hydrogen-bond donors (Lipinski definition) is 0. The van der Waals surface area contributed by atoms with Crippen molar-refractivity contribution in [2.45, 2.75) is 45.0 Å². The molecular weight excluding hydrogens is 256 g/mol. The number of allylic oxidation sites excluding steroid dienone is 2. The van der Waals surface area contributed by atoms with E-state index in [0.717, 1.165) is 12.3 Å². The zero-order chi connectivity index (χ0) is 13.6. The number of cyclic esters (lactones) is 1. The molecule has 19 heavy (non-hydrogen) atoms. The number of fused-ring (bicyclic) bond motifs is 2. The summed E-state index contributed by atoms with van der Waals surface area (Å²) in [5.41, 5.74) is 0. The fraction of sp³-hybridized carbons (Fsp3) is 0.800. The van der Waals surface area contributed by atoms with Crippen molar-refractivity contribution >= 4 is 14.3 Å². The molecular formula is C15H24O3Si. The Morgan fingerprint density at radius 3 is 2.58 bits per heavy atom. The molecule has 0 radical (unpaired) electrons. The van der Waals surface area contributed by atoms with Crippen molar-refractivity contribution in [3.05, 3.63) is 12.2 Å². The second-order valence-electron chi connectivity index (χ2n) is 7.20. The van der Waals surface area contributed by atoms with Crippen molar-refractivity contribution in [2.24, 2.45) is 23.7 Å². The summed E-state index contributed by atoms with van der Waals surface area (Å²) in [6.45, 7) is 7.21. The summed E-state index contributed by atoms with van der Waals surface area (Å²) >= 11 is 0. The third-order valence-electron chi connectivity index (χ3n) is 4.61. The first-order valence-electron chi connectivity index (χ1n) is 7.47. The van der Waals surface area contributed by atoms with Crippen LogP contribution in [0.15, 0.2) is 12.2 Å². The molecule has 106 valence electrons. The number of esters is 1. The minimum Gasteiger partial charge on any atom is -0.465 e. The van der Waals surface area contributed by atoms with Crippen LogP contribution in [0, 0.1) is 23.7 Å². The van der Waals surface area contributed by atoms with E-state index in [1.54, 1.807) is 0 Å². The summed E-state index contributed by atoms with van der Waals surface area (Å²) in [6.07, 6.45) is 8.07. The van der Waals surface area contributed by atoms with Gasteiger partial charge in [-0.1, -0.05) is 12.2 Å². The Balaban J connectivity index is 1.80. The molecule has 2 fully saturated rings. The highest BCUT2D eigenvalue weighted by Gasteiger charge is 2.48. The Kier molecular flexibility index (Phi) is 3.34. The van der Waals surface area contributed by atoms with Gasteiger partial charge in [-0.2, -0.15) is 0 Å². The molecule has 1 saturated carbocycles. The summed E-state index contributed by atoms with van der Waals surface area (Å²) in [6, 6.07) is 0. The Labute approximate surface area is 116 Å². The van der Waals surface area contributed by atoms with Crippen LogP contribution < -0.4 is 0 Å². The molecule has 2 aliphatic carbocycles. The van der Waals surface area contributed by atoms with Crippen molar-refractivity contribution in [2.75, 3.05) is 6.61 Å². The van der Waals surface area contributed by atoms with Crippen LogP contribution in [0.2, 0.25) is 19.6 Å². The van der Waals surface area contributed by atoms with Crippen LogP contribution in [-0.2, 0) is 14.0 Å². The van der Waals surface area contributed by atoms with Gasteiger partial charge >= 0.3 is 5.97 Å². The summed E-state index contributed by atoms with van der Waals surface area (Å²) in [5, 5.41) is 0. The largest absolute Gasteiger partial charge is 0.465 e.